The fourth-order valence-corrected chi connectivity index (χ4v) is 1.19. The van der Waals surface area contributed by atoms with Crippen LogP contribution in [0.4, 0.5) is 0 Å². The summed E-state index contributed by atoms with van der Waals surface area (Å²) in [4.78, 5) is 11.6. The molecule has 0 spiro atoms. The lowest BCUT2D eigenvalue weighted by Gasteiger charge is -2.04. The van der Waals surface area contributed by atoms with Gasteiger partial charge in [0.25, 0.3) is 0 Å². The molecule has 1 N–H and O–H groups in total. The molecule has 0 aliphatic carbocycles. The highest BCUT2D eigenvalue weighted by Gasteiger charge is 2.09. The number of ether oxygens (including phenoxy) is 1. The molecule has 0 aliphatic heterocycles. The zero-order chi connectivity index (χ0) is 11.4. The van der Waals surface area contributed by atoms with Crippen molar-refractivity contribution >= 4 is 5.78 Å². The Morgan fingerprint density at radius 3 is 2.53 bits per heavy atom. The van der Waals surface area contributed by atoms with Gasteiger partial charge in [-0.15, -0.1) is 0 Å². The monoisotopic (exact) mass is 206 g/mol. The summed E-state index contributed by atoms with van der Waals surface area (Å²) in [5.74, 6) is 0.272. The van der Waals surface area contributed by atoms with Crippen molar-refractivity contribution in [3.63, 3.8) is 0 Å². The van der Waals surface area contributed by atoms with Gasteiger partial charge < -0.3 is 9.84 Å². The van der Waals surface area contributed by atoms with Crippen molar-refractivity contribution in [3.05, 3.63) is 35.4 Å². The van der Waals surface area contributed by atoms with Gasteiger partial charge in [0.1, 0.15) is 11.5 Å². The van der Waals surface area contributed by atoms with E-state index < -0.39 is 0 Å². The van der Waals surface area contributed by atoms with Crippen LogP contribution in [0.3, 0.4) is 0 Å². The Labute approximate surface area is 89.0 Å². The minimum absolute atomic E-state index is 0.0585. The number of phenols is 1. The van der Waals surface area contributed by atoms with E-state index in [-0.39, 0.29) is 17.1 Å². The minimum Gasteiger partial charge on any atom is -0.507 e. The molecule has 80 valence electrons. The van der Waals surface area contributed by atoms with Crippen molar-refractivity contribution in [3.8, 4) is 11.5 Å². The van der Waals surface area contributed by atoms with E-state index in [0.717, 1.165) is 5.57 Å². The first-order chi connectivity index (χ1) is 7.04. The van der Waals surface area contributed by atoms with Crippen LogP contribution in [-0.4, -0.2) is 18.0 Å². The molecule has 0 radical (unpaired) electrons. The molecule has 3 nitrogen and oxygen atoms in total. The molecule has 0 saturated carbocycles. The Morgan fingerprint density at radius 2 is 2.07 bits per heavy atom. The van der Waals surface area contributed by atoms with E-state index in [0.29, 0.717) is 5.75 Å². The average Bonchev–Trinajstić information content (AvgIpc) is 2.16. The molecule has 1 rings (SSSR count). The first kappa shape index (κ1) is 11.3. The maximum absolute atomic E-state index is 11.6. The fraction of sp³-hybridized carbons (Fsp3) is 0.250. The van der Waals surface area contributed by atoms with Gasteiger partial charge in [0.05, 0.1) is 12.7 Å². The van der Waals surface area contributed by atoms with Crippen LogP contribution in [0.5, 0.6) is 11.5 Å². The Kier molecular flexibility index (Phi) is 3.50. The molecule has 0 fully saturated rings. The number of benzene rings is 1. The quantitative estimate of drug-likeness (QED) is 0.610. The number of hydrogen-bond acceptors (Lipinski definition) is 3. The van der Waals surface area contributed by atoms with E-state index in [1.807, 2.05) is 13.8 Å². The van der Waals surface area contributed by atoms with E-state index in [2.05, 4.69) is 0 Å². The molecule has 0 atom stereocenters. The number of methoxy groups -OCH3 is 1. The van der Waals surface area contributed by atoms with Crippen LogP contribution in [0.1, 0.15) is 24.2 Å². The fourth-order valence-electron chi connectivity index (χ4n) is 1.19. The summed E-state index contributed by atoms with van der Waals surface area (Å²) in [5, 5.41) is 9.58. The minimum atomic E-state index is -0.199. The van der Waals surface area contributed by atoms with Gasteiger partial charge in [-0.3, -0.25) is 4.79 Å². The first-order valence-electron chi connectivity index (χ1n) is 4.61. The molecule has 0 unspecified atom stereocenters. The molecular formula is C12H14O3. The van der Waals surface area contributed by atoms with Crippen molar-refractivity contribution in [2.24, 2.45) is 0 Å². The van der Waals surface area contributed by atoms with Crippen molar-refractivity contribution in [2.75, 3.05) is 7.11 Å². The SMILES string of the molecule is COc1ccc(C(=O)C=C(C)C)c(O)c1. The number of hydrogen-bond donors (Lipinski definition) is 1. The molecule has 0 amide bonds. The second-order valence-electron chi connectivity index (χ2n) is 3.47. The summed E-state index contributed by atoms with van der Waals surface area (Å²) < 4.78 is 4.92. The zero-order valence-corrected chi connectivity index (χ0v) is 9.07. The van der Waals surface area contributed by atoms with Crippen LogP contribution in [-0.2, 0) is 0 Å². The predicted molar refractivity (Wildman–Crippen MR) is 58.4 cm³/mol. The van der Waals surface area contributed by atoms with Crippen LogP contribution >= 0.6 is 0 Å². The highest BCUT2D eigenvalue weighted by molar-refractivity contribution is 6.06. The number of rotatable bonds is 3. The predicted octanol–water partition coefficient (Wildman–Crippen LogP) is 2.55. The lowest BCUT2D eigenvalue weighted by molar-refractivity contribution is 0.104. The molecule has 0 aromatic heterocycles. The Hall–Kier alpha value is -1.77. The van der Waals surface area contributed by atoms with Crippen LogP contribution in [0.15, 0.2) is 29.8 Å². The summed E-state index contributed by atoms with van der Waals surface area (Å²) >= 11 is 0. The van der Waals surface area contributed by atoms with Crippen molar-refractivity contribution in [1.29, 1.82) is 0 Å². The average molecular weight is 206 g/mol. The molecule has 0 aliphatic rings. The van der Waals surface area contributed by atoms with Crippen LogP contribution in [0.25, 0.3) is 0 Å². The third-order valence-corrected chi connectivity index (χ3v) is 1.89. The van der Waals surface area contributed by atoms with E-state index in [9.17, 15) is 9.90 Å². The van der Waals surface area contributed by atoms with Gasteiger partial charge in [-0.2, -0.15) is 0 Å². The molecule has 0 bridgehead atoms. The lowest BCUT2D eigenvalue weighted by atomic mass is 10.1. The summed E-state index contributed by atoms with van der Waals surface area (Å²) in [5.41, 5.74) is 1.19. The van der Waals surface area contributed by atoms with Gasteiger partial charge in [0, 0.05) is 6.07 Å². The van der Waals surface area contributed by atoms with E-state index in [1.165, 1.54) is 19.3 Å². The number of carbonyl (C=O) groups is 1. The number of aromatic hydroxyl groups is 1. The number of carbonyl (C=O) groups excluding carboxylic acids is 1. The van der Waals surface area contributed by atoms with Gasteiger partial charge in [-0.25, -0.2) is 0 Å². The third kappa shape index (κ3) is 2.84. The summed E-state index contributed by atoms with van der Waals surface area (Å²) in [7, 11) is 1.51. The van der Waals surface area contributed by atoms with Crippen LogP contribution < -0.4 is 4.74 Å². The third-order valence-electron chi connectivity index (χ3n) is 1.89. The highest BCUT2D eigenvalue weighted by Crippen LogP contribution is 2.24. The Morgan fingerprint density at radius 1 is 1.40 bits per heavy atom. The van der Waals surface area contributed by atoms with Crippen molar-refractivity contribution < 1.29 is 14.6 Å². The van der Waals surface area contributed by atoms with Gasteiger partial charge in [-0.1, -0.05) is 5.57 Å². The van der Waals surface area contributed by atoms with Crippen molar-refractivity contribution in [2.45, 2.75) is 13.8 Å². The summed E-state index contributed by atoms with van der Waals surface area (Å²) in [6, 6.07) is 4.62. The standard InChI is InChI=1S/C12H14O3/c1-8(2)6-11(13)10-5-4-9(15-3)7-12(10)14/h4-7,14H,1-3H3. The Balaban J connectivity index is 3.06. The molecule has 3 heteroatoms. The first-order valence-corrected chi connectivity index (χ1v) is 4.61. The van der Waals surface area contributed by atoms with E-state index in [4.69, 9.17) is 4.74 Å². The summed E-state index contributed by atoms with van der Waals surface area (Å²) in [6.45, 7) is 3.66. The molecule has 15 heavy (non-hydrogen) atoms. The van der Waals surface area contributed by atoms with Crippen LogP contribution in [0.2, 0.25) is 0 Å². The normalized spacial score (nSPS) is 9.53. The molecule has 1 aromatic carbocycles. The second kappa shape index (κ2) is 4.64. The van der Waals surface area contributed by atoms with Gasteiger partial charge in [0.2, 0.25) is 0 Å². The highest BCUT2D eigenvalue weighted by atomic mass is 16.5. The van der Waals surface area contributed by atoms with Crippen LogP contribution in [0, 0.1) is 0 Å². The number of allylic oxidation sites excluding steroid dienone is 2. The van der Waals surface area contributed by atoms with E-state index >= 15 is 0 Å². The van der Waals surface area contributed by atoms with Gasteiger partial charge in [-0.05, 0) is 32.1 Å². The maximum atomic E-state index is 11.6. The number of ketones is 1. The van der Waals surface area contributed by atoms with Gasteiger partial charge >= 0.3 is 0 Å². The second-order valence-corrected chi connectivity index (χ2v) is 3.47. The van der Waals surface area contributed by atoms with E-state index in [1.54, 1.807) is 12.1 Å². The van der Waals surface area contributed by atoms with Gasteiger partial charge in [0.15, 0.2) is 5.78 Å². The topological polar surface area (TPSA) is 46.5 Å². The Bertz CT molecular complexity index is 401. The molecular weight excluding hydrogens is 192 g/mol. The largest absolute Gasteiger partial charge is 0.507 e. The maximum Gasteiger partial charge on any atom is 0.189 e. The van der Waals surface area contributed by atoms with Crippen molar-refractivity contribution in [1.82, 2.24) is 0 Å². The summed E-state index contributed by atoms with van der Waals surface area (Å²) in [6.07, 6.45) is 1.49. The molecule has 0 saturated heterocycles. The lowest BCUT2D eigenvalue weighted by Crippen LogP contribution is -1.96. The molecule has 0 heterocycles. The number of phenolic OH excluding ortho intramolecular Hbond substituents is 1. The zero-order valence-electron chi connectivity index (χ0n) is 9.07. The molecule has 1 aromatic rings. The smallest absolute Gasteiger partial charge is 0.189 e.